The van der Waals surface area contributed by atoms with E-state index in [1.54, 1.807) is 18.3 Å². The number of hydrogen-bond donors (Lipinski definition) is 2. The number of anilines is 2. The standard InChI is InChI=1S/C23H27N5O2S2/c1-5-27-15(2)14-19(16(27)3)22-21(20-8-6-7-13-24-20)25-23(31)28(22)18-11-9-17(10-12-18)26-32(4,29)30/h6-14,21-22,26H,5H2,1-4H3,(H,25,31)/t21-,22+/m1/s1. The lowest BCUT2D eigenvalue weighted by atomic mass is 9.96. The van der Waals surface area contributed by atoms with Crippen LogP contribution in [0, 0.1) is 13.8 Å². The van der Waals surface area contributed by atoms with Gasteiger partial charge in [-0.25, -0.2) is 8.42 Å². The molecule has 1 aliphatic heterocycles. The molecule has 1 saturated heterocycles. The second-order valence-electron chi connectivity index (χ2n) is 7.99. The molecule has 32 heavy (non-hydrogen) atoms. The normalized spacial score (nSPS) is 18.6. The van der Waals surface area contributed by atoms with Crippen LogP contribution in [0.15, 0.2) is 54.7 Å². The maximum absolute atomic E-state index is 11.6. The number of aromatic nitrogens is 2. The fraction of sp³-hybridized carbons (Fsp3) is 0.304. The van der Waals surface area contributed by atoms with Gasteiger partial charge in [-0.2, -0.15) is 0 Å². The van der Waals surface area contributed by atoms with Gasteiger partial charge in [0.05, 0.1) is 24.0 Å². The van der Waals surface area contributed by atoms with Crippen molar-refractivity contribution in [1.82, 2.24) is 14.9 Å². The zero-order valence-corrected chi connectivity index (χ0v) is 20.2. The van der Waals surface area contributed by atoms with Crippen molar-refractivity contribution < 1.29 is 8.42 Å². The van der Waals surface area contributed by atoms with Crippen LogP contribution in [0.1, 0.15) is 41.7 Å². The van der Waals surface area contributed by atoms with Gasteiger partial charge in [0.25, 0.3) is 0 Å². The Morgan fingerprint density at radius 1 is 1.16 bits per heavy atom. The lowest BCUT2D eigenvalue weighted by molar-refractivity contribution is 0.563. The number of benzene rings is 1. The minimum Gasteiger partial charge on any atom is -0.351 e. The van der Waals surface area contributed by atoms with E-state index < -0.39 is 10.0 Å². The maximum atomic E-state index is 11.6. The number of nitrogens with zero attached hydrogens (tertiary/aromatic N) is 3. The van der Waals surface area contributed by atoms with Gasteiger partial charge in [0, 0.05) is 35.5 Å². The molecule has 0 saturated carbocycles. The lowest BCUT2D eigenvalue weighted by Crippen LogP contribution is -2.29. The summed E-state index contributed by atoms with van der Waals surface area (Å²) in [6.07, 6.45) is 2.93. The highest BCUT2D eigenvalue weighted by Crippen LogP contribution is 2.43. The van der Waals surface area contributed by atoms with Crippen LogP contribution in [0.4, 0.5) is 11.4 Å². The SMILES string of the molecule is CCn1c(C)cc([C@H]2[C@@H](c3ccccn3)NC(=S)N2c2ccc(NS(C)(=O)=O)cc2)c1C. The molecule has 0 aliphatic carbocycles. The predicted molar refractivity (Wildman–Crippen MR) is 132 cm³/mol. The summed E-state index contributed by atoms with van der Waals surface area (Å²) >= 11 is 5.78. The van der Waals surface area contributed by atoms with Gasteiger partial charge in [0.15, 0.2) is 5.11 Å². The Balaban J connectivity index is 1.80. The minimum absolute atomic E-state index is 0.0994. The van der Waals surface area contributed by atoms with E-state index in [0.717, 1.165) is 24.2 Å². The first-order valence-electron chi connectivity index (χ1n) is 10.4. The van der Waals surface area contributed by atoms with E-state index in [2.05, 4.69) is 51.3 Å². The summed E-state index contributed by atoms with van der Waals surface area (Å²) in [6, 6.07) is 15.2. The number of sulfonamides is 1. The van der Waals surface area contributed by atoms with Gasteiger partial charge in [0.1, 0.15) is 0 Å². The van der Waals surface area contributed by atoms with E-state index in [1.165, 1.54) is 17.0 Å². The zero-order chi connectivity index (χ0) is 23.0. The summed E-state index contributed by atoms with van der Waals surface area (Å²) in [5, 5.41) is 4.08. The van der Waals surface area contributed by atoms with Crippen molar-refractivity contribution in [2.45, 2.75) is 39.4 Å². The Morgan fingerprint density at radius 3 is 2.44 bits per heavy atom. The largest absolute Gasteiger partial charge is 0.351 e. The summed E-state index contributed by atoms with van der Waals surface area (Å²) in [5.74, 6) is 0. The van der Waals surface area contributed by atoms with E-state index in [4.69, 9.17) is 12.2 Å². The van der Waals surface area contributed by atoms with Crippen molar-refractivity contribution in [3.8, 4) is 0 Å². The fourth-order valence-electron chi connectivity index (χ4n) is 4.47. The van der Waals surface area contributed by atoms with Gasteiger partial charge >= 0.3 is 0 Å². The molecule has 1 aliphatic rings. The molecule has 2 atom stereocenters. The van der Waals surface area contributed by atoms with Crippen molar-refractivity contribution in [2.24, 2.45) is 0 Å². The molecule has 168 valence electrons. The third kappa shape index (κ3) is 4.22. The van der Waals surface area contributed by atoms with Crippen LogP contribution in [0.3, 0.4) is 0 Å². The first-order chi connectivity index (χ1) is 15.2. The Morgan fingerprint density at radius 2 is 1.88 bits per heavy atom. The summed E-state index contributed by atoms with van der Waals surface area (Å²) < 4.78 is 27.9. The molecule has 1 fully saturated rings. The van der Waals surface area contributed by atoms with Crippen LogP contribution in [-0.4, -0.2) is 29.3 Å². The molecule has 2 N–H and O–H groups in total. The van der Waals surface area contributed by atoms with E-state index in [1.807, 2.05) is 30.3 Å². The molecule has 0 amide bonds. The summed E-state index contributed by atoms with van der Waals surface area (Å²) in [5.41, 5.74) is 5.89. The topological polar surface area (TPSA) is 79.3 Å². The van der Waals surface area contributed by atoms with E-state index in [0.29, 0.717) is 10.8 Å². The molecule has 9 heteroatoms. The molecule has 4 rings (SSSR count). The summed E-state index contributed by atoms with van der Waals surface area (Å²) in [7, 11) is -3.34. The van der Waals surface area contributed by atoms with Gasteiger partial charge < -0.3 is 14.8 Å². The zero-order valence-electron chi connectivity index (χ0n) is 18.5. The lowest BCUT2D eigenvalue weighted by Gasteiger charge is -2.28. The first-order valence-corrected chi connectivity index (χ1v) is 12.7. The van der Waals surface area contributed by atoms with Crippen molar-refractivity contribution in [3.05, 3.63) is 77.4 Å². The van der Waals surface area contributed by atoms with Gasteiger partial charge in [-0.15, -0.1) is 0 Å². The van der Waals surface area contributed by atoms with Gasteiger partial charge in [-0.1, -0.05) is 6.07 Å². The molecule has 1 aromatic carbocycles. The van der Waals surface area contributed by atoms with Gasteiger partial charge in [-0.3, -0.25) is 9.71 Å². The highest BCUT2D eigenvalue weighted by atomic mass is 32.2. The Kier molecular flexibility index (Phi) is 5.96. The quantitative estimate of drug-likeness (QED) is 0.530. The first kappa shape index (κ1) is 22.3. The van der Waals surface area contributed by atoms with E-state index in [-0.39, 0.29) is 12.1 Å². The summed E-state index contributed by atoms with van der Waals surface area (Å²) in [4.78, 5) is 6.70. The Bertz CT molecular complexity index is 1240. The van der Waals surface area contributed by atoms with Crippen LogP contribution < -0.4 is 14.9 Å². The highest BCUT2D eigenvalue weighted by Gasteiger charge is 2.42. The molecule has 2 aromatic heterocycles. The minimum atomic E-state index is -3.34. The van der Waals surface area contributed by atoms with Crippen LogP contribution in [0.5, 0.6) is 0 Å². The monoisotopic (exact) mass is 469 g/mol. The molecular weight excluding hydrogens is 442 g/mol. The van der Waals surface area contributed by atoms with Gasteiger partial charge in [-0.05, 0) is 81.0 Å². The molecule has 3 aromatic rings. The number of nitrogens with one attached hydrogen (secondary N) is 2. The molecule has 0 spiro atoms. The number of hydrogen-bond acceptors (Lipinski definition) is 4. The molecule has 0 radical (unpaired) electrons. The van der Waals surface area contributed by atoms with Crippen molar-refractivity contribution in [3.63, 3.8) is 0 Å². The molecule has 0 unspecified atom stereocenters. The highest BCUT2D eigenvalue weighted by molar-refractivity contribution is 7.92. The number of pyridine rings is 1. The molecular formula is C23H27N5O2S2. The molecule has 3 heterocycles. The smallest absolute Gasteiger partial charge is 0.229 e. The number of thiocarbonyl (C=S) groups is 1. The number of rotatable bonds is 6. The second kappa shape index (κ2) is 8.55. The van der Waals surface area contributed by atoms with E-state index >= 15 is 0 Å². The second-order valence-corrected chi connectivity index (χ2v) is 10.1. The van der Waals surface area contributed by atoms with Crippen LogP contribution >= 0.6 is 12.2 Å². The Labute approximate surface area is 194 Å². The average Bonchev–Trinajstić information content (AvgIpc) is 3.23. The number of aryl methyl sites for hydroxylation is 1. The van der Waals surface area contributed by atoms with Crippen LogP contribution in [0.25, 0.3) is 0 Å². The fourth-order valence-corrected chi connectivity index (χ4v) is 5.38. The van der Waals surface area contributed by atoms with Crippen molar-refractivity contribution in [2.75, 3.05) is 15.9 Å². The van der Waals surface area contributed by atoms with E-state index in [9.17, 15) is 8.42 Å². The van der Waals surface area contributed by atoms with Crippen molar-refractivity contribution >= 4 is 38.7 Å². The molecule has 0 bridgehead atoms. The summed E-state index contributed by atoms with van der Waals surface area (Å²) in [6.45, 7) is 7.29. The predicted octanol–water partition coefficient (Wildman–Crippen LogP) is 4.07. The van der Waals surface area contributed by atoms with Gasteiger partial charge in [0.2, 0.25) is 10.0 Å². The third-order valence-corrected chi connectivity index (χ3v) is 6.72. The molecule has 7 nitrogen and oxygen atoms in total. The van der Waals surface area contributed by atoms with Crippen molar-refractivity contribution in [1.29, 1.82) is 0 Å². The maximum Gasteiger partial charge on any atom is 0.229 e. The van der Waals surface area contributed by atoms with Crippen LogP contribution in [-0.2, 0) is 16.6 Å². The third-order valence-electron chi connectivity index (χ3n) is 5.79. The van der Waals surface area contributed by atoms with Crippen LogP contribution in [0.2, 0.25) is 0 Å². The Hall–Kier alpha value is -2.91. The average molecular weight is 470 g/mol.